The van der Waals surface area contributed by atoms with Crippen LogP contribution in [-0.4, -0.2) is 10.5 Å². The quantitative estimate of drug-likeness (QED) is 0.911. The molecule has 0 radical (unpaired) electrons. The Labute approximate surface area is 105 Å². The summed E-state index contributed by atoms with van der Waals surface area (Å²) in [5, 5.41) is 3.66. The average molecular weight is 255 g/mol. The minimum Gasteiger partial charge on any atom is -0.442 e. The first kappa shape index (κ1) is 12.2. The molecule has 0 amide bonds. The molecule has 2 aromatic heterocycles. The number of aromatic nitrogens is 1. The fraction of sp³-hybridized carbons (Fsp3) is 0.417. The second kappa shape index (κ2) is 4.55. The highest BCUT2D eigenvalue weighted by Gasteiger charge is 2.13. The molecule has 0 aliphatic rings. The van der Waals surface area contributed by atoms with Crippen LogP contribution in [0, 0.1) is 0 Å². The summed E-state index contributed by atoms with van der Waals surface area (Å²) in [4.78, 5) is 4.32. The van der Waals surface area contributed by atoms with Gasteiger partial charge < -0.3 is 14.2 Å². The van der Waals surface area contributed by atoms with E-state index >= 15 is 0 Å². The number of nitrogens with zero attached hydrogens (tertiary/aromatic N) is 1. The molecule has 0 aliphatic carbocycles. The minimum absolute atomic E-state index is 0.0487. The third kappa shape index (κ3) is 3.35. The first-order chi connectivity index (χ1) is 7.94. The average Bonchev–Trinajstić information content (AvgIpc) is 2.81. The normalized spacial score (nSPS) is 12.0. The fourth-order valence-electron chi connectivity index (χ4n) is 1.29. The topological polar surface area (TPSA) is 51.2 Å². The molecule has 0 bridgehead atoms. The van der Waals surface area contributed by atoms with Crippen LogP contribution in [0.5, 0.6) is 0 Å². The van der Waals surface area contributed by atoms with Crippen LogP contribution in [0.2, 0.25) is 5.22 Å². The molecule has 5 heteroatoms. The maximum atomic E-state index is 5.69. The second-order valence-electron chi connectivity index (χ2n) is 4.85. The summed E-state index contributed by atoms with van der Waals surface area (Å²) in [6.07, 6.45) is 1.62. The summed E-state index contributed by atoms with van der Waals surface area (Å²) in [5.74, 6) is 0.986. The number of nitrogens with one attached hydrogen (secondary N) is 1. The first-order valence-electron chi connectivity index (χ1n) is 5.39. The van der Waals surface area contributed by atoms with Gasteiger partial charge in [0.1, 0.15) is 6.26 Å². The van der Waals surface area contributed by atoms with E-state index in [0.29, 0.717) is 23.4 Å². The molecule has 0 aromatic carbocycles. The lowest BCUT2D eigenvalue weighted by Gasteiger charge is -2.19. The fourth-order valence-corrected chi connectivity index (χ4v) is 1.43. The maximum absolute atomic E-state index is 5.69. The van der Waals surface area contributed by atoms with E-state index in [2.05, 4.69) is 31.1 Å². The molecule has 17 heavy (non-hydrogen) atoms. The molecule has 0 unspecified atom stereocenters. The van der Waals surface area contributed by atoms with Gasteiger partial charge in [-0.05, 0) is 44.5 Å². The largest absolute Gasteiger partial charge is 0.442 e. The molecule has 0 spiro atoms. The van der Waals surface area contributed by atoms with E-state index in [9.17, 15) is 0 Å². The predicted octanol–water partition coefficient (Wildman–Crippen LogP) is 3.48. The van der Waals surface area contributed by atoms with Crippen molar-refractivity contribution in [3.05, 3.63) is 29.3 Å². The Hall–Kier alpha value is -1.26. The summed E-state index contributed by atoms with van der Waals surface area (Å²) in [5.41, 5.74) is 0.884. The van der Waals surface area contributed by atoms with Gasteiger partial charge in [0, 0.05) is 12.1 Å². The van der Waals surface area contributed by atoms with E-state index in [1.54, 1.807) is 18.4 Å². The third-order valence-corrected chi connectivity index (χ3v) is 2.34. The second-order valence-corrected chi connectivity index (χ2v) is 5.22. The van der Waals surface area contributed by atoms with E-state index in [-0.39, 0.29) is 5.54 Å². The molecule has 0 aliphatic heterocycles. The minimum atomic E-state index is 0.0487. The highest BCUT2D eigenvalue weighted by Crippen LogP contribution is 2.23. The SMILES string of the molecule is CC(C)(C)NCc1coc(-c2ccc(Cl)o2)n1. The van der Waals surface area contributed by atoms with Gasteiger partial charge in [-0.1, -0.05) is 0 Å². The highest BCUT2D eigenvalue weighted by atomic mass is 35.5. The molecule has 4 nitrogen and oxygen atoms in total. The van der Waals surface area contributed by atoms with Gasteiger partial charge in [-0.3, -0.25) is 0 Å². The van der Waals surface area contributed by atoms with Crippen molar-refractivity contribution in [2.24, 2.45) is 0 Å². The van der Waals surface area contributed by atoms with Gasteiger partial charge in [-0.15, -0.1) is 0 Å². The molecule has 92 valence electrons. The Kier molecular flexibility index (Phi) is 3.26. The number of furan rings is 1. The van der Waals surface area contributed by atoms with E-state index < -0.39 is 0 Å². The van der Waals surface area contributed by atoms with Gasteiger partial charge in [0.15, 0.2) is 11.0 Å². The maximum Gasteiger partial charge on any atom is 0.263 e. The standard InChI is InChI=1S/C12H15ClN2O2/c1-12(2,3)14-6-8-7-16-11(15-8)9-4-5-10(13)17-9/h4-5,7,14H,6H2,1-3H3. The number of rotatable bonds is 3. The molecular weight excluding hydrogens is 240 g/mol. The van der Waals surface area contributed by atoms with Crippen LogP contribution in [0.3, 0.4) is 0 Å². The molecule has 0 saturated carbocycles. The molecule has 2 heterocycles. The molecule has 1 N–H and O–H groups in total. The van der Waals surface area contributed by atoms with E-state index in [1.807, 2.05) is 0 Å². The number of oxazole rings is 1. The zero-order valence-corrected chi connectivity index (χ0v) is 10.8. The number of halogens is 1. The summed E-state index contributed by atoms with van der Waals surface area (Å²) >= 11 is 5.69. The van der Waals surface area contributed by atoms with Gasteiger partial charge in [0.05, 0.1) is 5.69 Å². The summed E-state index contributed by atoms with van der Waals surface area (Å²) in [6.45, 7) is 6.95. The summed E-state index contributed by atoms with van der Waals surface area (Å²) in [7, 11) is 0. The van der Waals surface area contributed by atoms with Crippen molar-refractivity contribution in [1.29, 1.82) is 0 Å². The van der Waals surface area contributed by atoms with Gasteiger partial charge in [0.25, 0.3) is 5.89 Å². The molecule has 2 rings (SSSR count). The Morgan fingerprint density at radius 2 is 2.12 bits per heavy atom. The van der Waals surface area contributed by atoms with Crippen molar-refractivity contribution in [2.75, 3.05) is 0 Å². The molecule has 0 atom stereocenters. The lowest BCUT2D eigenvalue weighted by molar-refractivity contribution is 0.421. The highest BCUT2D eigenvalue weighted by molar-refractivity contribution is 6.28. The van der Waals surface area contributed by atoms with Crippen LogP contribution < -0.4 is 5.32 Å². The van der Waals surface area contributed by atoms with Crippen LogP contribution in [-0.2, 0) is 6.54 Å². The molecular formula is C12H15ClN2O2. The van der Waals surface area contributed by atoms with Gasteiger partial charge in [-0.2, -0.15) is 0 Å². The Bertz CT molecular complexity index is 497. The van der Waals surface area contributed by atoms with E-state index in [0.717, 1.165) is 5.69 Å². The van der Waals surface area contributed by atoms with Crippen molar-refractivity contribution >= 4 is 11.6 Å². The van der Waals surface area contributed by atoms with Crippen molar-refractivity contribution in [2.45, 2.75) is 32.9 Å². The number of hydrogen-bond acceptors (Lipinski definition) is 4. The zero-order chi connectivity index (χ0) is 12.5. The van der Waals surface area contributed by atoms with Crippen molar-refractivity contribution < 1.29 is 8.83 Å². The Balaban J connectivity index is 2.06. The van der Waals surface area contributed by atoms with Crippen molar-refractivity contribution in [3.63, 3.8) is 0 Å². The smallest absolute Gasteiger partial charge is 0.263 e. The molecule has 0 fully saturated rings. The van der Waals surface area contributed by atoms with Crippen LogP contribution in [0.1, 0.15) is 26.5 Å². The van der Waals surface area contributed by atoms with Gasteiger partial charge in [-0.25, -0.2) is 4.98 Å². The van der Waals surface area contributed by atoms with Gasteiger partial charge in [0.2, 0.25) is 0 Å². The number of hydrogen-bond donors (Lipinski definition) is 1. The van der Waals surface area contributed by atoms with Crippen molar-refractivity contribution in [1.82, 2.24) is 10.3 Å². The van der Waals surface area contributed by atoms with Crippen LogP contribution >= 0.6 is 11.6 Å². The lowest BCUT2D eigenvalue weighted by Crippen LogP contribution is -2.35. The third-order valence-electron chi connectivity index (χ3n) is 2.14. The summed E-state index contributed by atoms with van der Waals surface area (Å²) < 4.78 is 10.5. The van der Waals surface area contributed by atoms with E-state index in [4.69, 9.17) is 20.4 Å². The lowest BCUT2D eigenvalue weighted by atomic mass is 10.1. The first-order valence-corrected chi connectivity index (χ1v) is 5.77. The van der Waals surface area contributed by atoms with Gasteiger partial charge >= 0.3 is 0 Å². The van der Waals surface area contributed by atoms with Crippen molar-refractivity contribution in [3.8, 4) is 11.7 Å². The van der Waals surface area contributed by atoms with Crippen LogP contribution in [0.25, 0.3) is 11.7 Å². The monoisotopic (exact) mass is 254 g/mol. The Morgan fingerprint density at radius 3 is 2.71 bits per heavy atom. The zero-order valence-electron chi connectivity index (χ0n) is 10.1. The predicted molar refractivity (Wildman–Crippen MR) is 65.8 cm³/mol. The summed E-state index contributed by atoms with van der Waals surface area (Å²) in [6, 6.07) is 3.39. The van der Waals surface area contributed by atoms with Crippen LogP contribution in [0.4, 0.5) is 0 Å². The molecule has 0 saturated heterocycles. The molecule has 2 aromatic rings. The Morgan fingerprint density at radius 1 is 1.35 bits per heavy atom. The van der Waals surface area contributed by atoms with Crippen LogP contribution in [0.15, 0.2) is 27.2 Å². The van der Waals surface area contributed by atoms with E-state index in [1.165, 1.54) is 0 Å².